The van der Waals surface area contributed by atoms with Crippen LogP contribution in [-0.4, -0.2) is 20.1 Å². The van der Waals surface area contributed by atoms with E-state index < -0.39 is 0 Å². The van der Waals surface area contributed by atoms with Crippen molar-refractivity contribution in [3.63, 3.8) is 0 Å². The van der Waals surface area contributed by atoms with Gasteiger partial charge in [-0.2, -0.15) is 0 Å². The normalized spacial score (nSPS) is 10.6. The van der Waals surface area contributed by atoms with Crippen LogP contribution in [0.5, 0.6) is 0 Å². The Morgan fingerprint density at radius 1 is 1.29 bits per heavy atom. The van der Waals surface area contributed by atoms with E-state index in [1.165, 1.54) is 11.3 Å². The number of nitrogens with one attached hydrogen (secondary N) is 1. The smallest absolute Gasteiger partial charge is 0.0411 e. The molecule has 1 N–H and O–H groups in total. The van der Waals surface area contributed by atoms with Crippen LogP contribution in [-0.2, 0) is 6.54 Å². The summed E-state index contributed by atoms with van der Waals surface area (Å²) < 4.78 is 0. The van der Waals surface area contributed by atoms with E-state index >= 15 is 0 Å². The van der Waals surface area contributed by atoms with Gasteiger partial charge < -0.3 is 10.2 Å². The summed E-state index contributed by atoms with van der Waals surface area (Å²) >= 11 is 0. The molecule has 0 saturated heterocycles. The lowest BCUT2D eigenvalue weighted by molar-refractivity contribution is 0.739. The molecule has 0 amide bonds. The van der Waals surface area contributed by atoms with Gasteiger partial charge in [0.25, 0.3) is 0 Å². The Balaban J connectivity index is 2.94. The van der Waals surface area contributed by atoms with Gasteiger partial charge in [0.05, 0.1) is 0 Å². The van der Waals surface area contributed by atoms with Crippen molar-refractivity contribution in [2.45, 2.75) is 26.4 Å². The third-order valence-electron chi connectivity index (χ3n) is 2.51. The molecule has 0 atom stereocenters. The molecule has 0 unspecified atom stereocenters. The van der Waals surface area contributed by atoms with Gasteiger partial charge in [-0.05, 0) is 32.5 Å². The van der Waals surface area contributed by atoms with E-state index in [4.69, 9.17) is 0 Å². The van der Waals surface area contributed by atoms with Crippen molar-refractivity contribution in [3.8, 4) is 0 Å². The zero-order valence-corrected chi connectivity index (χ0v) is 9.54. The lowest BCUT2D eigenvalue weighted by Crippen LogP contribution is -2.27. The third-order valence-corrected chi connectivity index (χ3v) is 2.51. The van der Waals surface area contributed by atoms with Crippen LogP contribution >= 0.6 is 0 Å². The van der Waals surface area contributed by atoms with E-state index in [0.717, 1.165) is 6.54 Å². The molecule has 14 heavy (non-hydrogen) atoms. The maximum absolute atomic E-state index is 3.19. The number of benzene rings is 1. The summed E-state index contributed by atoms with van der Waals surface area (Å²) in [5.74, 6) is 0. The van der Waals surface area contributed by atoms with Gasteiger partial charge in [-0.25, -0.2) is 0 Å². The lowest BCUT2D eigenvalue weighted by atomic mass is 10.1. The first kappa shape index (κ1) is 11.1. The molecule has 0 spiro atoms. The van der Waals surface area contributed by atoms with Gasteiger partial charge in [-0.15, -0.1) is 0 Å². The SMILES string of the molecule is CNCc1ccccc1N(C)C(C)C. The fraction of sp³-hybridized carbons (Fsp3) is 0.500. The highest BCUT2D eigenvalue weighted by atomic mass is 15.1. The minimum atomic E-state index is 0.535. The van der Waals surface area contributed by atoms with E-state index in [9.17, 15) is 0 Å². The van der Waals surface area contributed by atoms with Crippen LogP contribution in [0, 0.1) is 0 Å². The summed E-state index contributed by atoms with van der Waals surface area (Å²) in [6, 6.07) is 9.06. The van der Waals surface area contributed by atoms with E-state index in [-0.39, 0.29) is 0 Å². The molecule has 0 saturated carbocycles. The Labute approximate surface area is 86.9 Å². The van der Waals surface area contributed by atoms with Crippen molar-refractivity contribution in [1.29, 1.82) is 0 Å². The Kier molecular flexibility index (Phi) is 3.96. The van der Waals surface area contributed by atoms with E-state index in [0.29, 0.717) is 6.04 Å². The van der Waals surface area contributed by atoms with Crippen molar-refractivity contribution in [2.75, 3.05) is 19.0 Å². The molecule has 0 heterocycles. The Morgan fingerprint density at radius 3 is 2.50 bits per heavy atom. The molecule has 1 aromatic carbocycles. The molecule has 0 radical (unpaired) electrons. The van der Waals surface area contributed by atoms with Crippen LogP contribution < -0.4 is 10.2 Å². The fourth-order valence-corrected chi connectivity index (χ4v) is 1.47. The zero-order chi connectivity index (χ0) is 10.6. The number of hydrogen-bond acceptors (Lipinski definition) is 2. The molecular formula is C12H20N2. The van der Waals surface area contributed by atoms with Gasteiger partial charge in [-0.3, -0.25) is 0 Å². The van der Waals surface area contributed by atoms with Crippen LogP contribution in [0.2, 0.25) is 0 Å². The van der Waals surface area contributed by atoms with Crippen LogP contribution in [0.25, 0.3) is 0 Å². The van der Waals surface area contributed by atoms with Gasteiger partial charge in [0, 0.05) is 25.3 Å². The highest BCUT2D eigenvalue weighted by molar-refractivity contribution is 5.53. The first-order chi connectivity index (χ1) is 6.66. The minimum Gasteiger partial charge on any atom is -0.372 e. The van der Waals surface area contributed by atoms with Gasteiger partial charge in [0.2, 0.25) is 0 Å². The fourth-order valence-electron chi connectivity index (χ4n) is 1.47. The minimum absolute atomic E-state index is 0.535. The maximum atomic E-state index is 3.19. The second-order valence-electron chi connectivity index (χ2n) is 3.86. The number of rotatable bonds is 4. The summed E-state index contributed by atoms with van der Waals surface area (Å²) in [4.78, 5) is 2.30. The largest absolute Gasteiger partial charge is 0.372 e. The molecule has 0 bridgehead atoms. The highest BCUT2D eigenvalue weighted by Gasteiger charge is 2.08. The quantitative estimate of drug-likeness (QED) is 0.787. The Morgan fingerprint density at radius 2 is 1.93 bits per heavy atom. The number of anilines is 1. The first-order valence-electron chi connectivity index (χ1n) is 5.12. The molecule has 0 fully saturated rings. The lowest BCUT2D eigenvalue weighted by Gasteiger charge is -2.26. The first-order valence-corrected chi connectivity index (χ1v) is 5.12. The molecule has 2 nitrogen and oxygen atoms in total. The predicted octanol–water partition coefficient (Wildman–Crippen LogP) is 2.25. The molecular weight excluding hydrogens is 172 g/mol. The van der Waals surface area contributed by atoms with Gasteiger partial charge >= 0.3 is 0 Å². The van der Waals surface area contributed by atoms with Crippen LogP contribution in [0.1, 0.15) is 19.4 Å². The number of para-hydroxylation sites is 1. The van der Waals surface area contributed by atoms with E-state index in [1.54, 1.807) is 0 Å². The molecule has 0 aliphatic heterocycles. The molecule has 0 aliphatic rings. The van der Waals surface area contributed by atoms with Gasteiger partial charge in [-0.1, -0.05) is 18.2 Å². The maximum Gasteiger partial charge on any atom is 0.0411 e. The molecule has 0 aliphatic carbocycles. The van der Waals surface area contributed by atoms with E-state index in [2.05, 4.69) is 55.4 Å². The molecule has 1 rings (SSSR count). The summed E-state index contributed by atoms with van der Waals surface area (Å²) in [6.07, 6.45) is 0. The molecule has 78 valence electrons. The highest BCUT2D eigenvalue weighted by Crippen LogP contribution is 2.20. The third kappa shape index (κ3) is 2.48. The monoisotopic (exact) mass is 192 g/mol. The second kappa shape index (κ2) is 5.01. The standard InChI is InChI=1S/C12H20N2/c1-10(2)14(4)12-8-6-5-7-11(12)9-13-3/h5-8,10,13H,9H2,1-4H3. The summed E-state index contributed by atoms with van der Waals surface area (Å²) in [5, 5.41) is 3.19. The topological polar surface area (TPSA) is 15.3 Å². The average Bonchev–Trinajstić information content (AvgIpc) is 2.18. The van der Waals surface area contributed by atoms with Crippen LogP contribution in [0.3, 0.4) is 0 Å². The number of nitrogens with zero attached hydrogens (tertiary/aromatic N) is 1. The second-order valence-corrected chi connectivity index (χ2v) is 3.86. The van der Waals surface area contributed by atoms with Crippen LogP contribution in [0.15, 0.2) is 24.3 Å². The Hall–Kier alpha value is -1.02. The van der Waals surface area contributed by atoms with Crippen molar-refractivity contribution >= 4 is 5.69 Å². The molecule has 2 heteroatoms. The van der Waals surface area contributed by atoms with Crippen molar-refractivity contribution in [3.05, 3.63) is 29.8 Å². The Bertz CT molecular complexity index is 281. The summed E-state index contributed by atoms with van der Waals surface area (Å²) in [6.45, 7) is 5.33. The zero-order valence-electron chi connectivity index (χ0n) is 9.54. The number of hydrogen-bond donors (Lipinski definition) is 1. The molecule has 1 aromatic rings. The van der Waals surface area contributed by atoms with Gasteiger partial charge in [0.1, 0.15) is 0 Å². The predicted molar refractivity (Wildman–Crippen MR) is 62.7 cm³/mol. The van der Waals surface area contributed by atoms with Crippen molar-refractivity contribution in [2.24, 2.45) is 0 Å². The average molecular weight is 192 g/mol. The van der Waals surface area contributed by atoms with Crippen molar-refractivity contribution in [1.82, 2.24) is 5.32 Å². The van der Waals surface area contributed by atoms with Crippen LogP contribution in [0.4, 0.5) is 5.69 Å². The molecule has 0 aromatic heterocycles. The van der Waals surface area contributed by atoms with Crippen molar-refractivity contribution < 1.29 is 0 Å². The summed E-state index contributed by atoms with van der Waals surface area (Å²) in [5.41, 5.74) is 2.67. The van der Waals surface area contributed by atoms with E-state index in [1.807, 2.05) is 7.05 Å². The summed E-state index contributed by atoms with van der Waals surface area (Å²) in [7, 11) is 4.12. The van der Waals surface area contributed by atoms with Gasteiger partial charge in [0.15, 0.2) is 0 Å².